The van der Waals surface area contributed by atoms with Gasteiger partial charge in [0.05, 0.1) is 26.6 Å². The monoisotopic (exact) mass is 412 g/mol. The maximum Gasteiger partial charge on any atom is 0.262 e. The first-order valence-corrected chi connectivity index (χ1v) is 9.39. The molecule has 1 amide bonds. The van der Waals surface area contributed by atoms with E-state index in [1.165, 1.54) is 23.1 Å². The SMILES string of the molecule is [2H]C([2H])(c1ccc2c(c1)NC(=O)CO2)N1c2ccc(F)cc2OCC1Cc1nc(C)no1. The highest BCUT2D eigenvalue weighted by Crippen LogP contribution is 2.37. The van der Waals surface area contributed by atoms with Crippen LogP contribution in [0.2, 0.25) is 0 Å². The Kier molecular flexibility index (Phi) is 3.96. The predicted molar refractivity (Wildman–Crippen MR) is 105 cm³/mol. The Hall–Kier alpha value is -3.62. The van der Waals surface area contributed by atoms with Gasteiger partial charge in [0, 0.05) is 12.6 Å². The van der Waals surface area contributed by atoms with Gasteiger partial charge in [0.25, 0.3) is 5.91 Å². The summed E-state index contributed by atoms with van der Waals surface area (Å²) in [5.74, 6) is 0.719. The van der Waals surface area contributed by atoms with Crippen molar-refractivity contribution in [2.75, 3.05) is 23.4 Å². The summed E-state index contributed by atoms with van der Waals surface area (Å²) in [5.41, 5.74) is 1.06. The van der Waals surface area contributed by atoms with Crippen LogP contribution in [0.15, 0.2) is 40.9 Å². The Balaban J connectivity index is 1.57. The molecule has 1 unspecified atom stereocenters. The van der Waals surface area contributed by atoms with Gasteiger partial charge in [-0.25, -0.2) is 4.39 Å². The molecular weight excluding hydrogens is 391 g/mol. The first-order valence-electron chi connectivity index (χ1n) is 10.4. The maximum atomic E-state index is 13.8. The van der Waals surface area contributed by atoms with Gasteiger partial charge in [-0.2, -0.15) is 4.98 Å². The Bertz CT molecular complexity index is 1200. The van der Waals surface area contributed by atoms with Crippen LogP contribution in [0, 0.1) is 12.7 Å². The Morgan fingerprint density at radius 2 is 2.17 bits per heavy atom. The molecule has 0 aliphatic carbocycles. The van der Waals surface area contributed by atoms with E-state index in [2.05, 4.69) is 15.5 Å². The number of rotatable bonds is 4. The minimum absolute atomic E-state index is 0.0855. The van der Waals surface area contributed by atoms with E-state index in [4.69, 9.17) is 16.7 Å². The molecule has 0 radical (unpaired) electrons. The molecule has 1 N–H and O–H groups in total. The molecule has 2 aliphatic rings. The molecule has 9 heteroatoms. The number of nitrogens with zero attached hydrogens (tertiary/aromatic N) is 3. The van der Waals surface area contributed by atoms with E-state index in [1.807, 2.05) is 0 Å². The average Bonchev–Trinajstić information content (AvgIpc) is 3.17. The molecule has 0 fully saturated rings. The Morgan fingerprint density at radius 1 is 1.27 bits per heavy atom. The van der Waals surface area contributed by atoms with E-state index in [0.29, 0.717) is 28.8 Å². The van der Waals surface area contributed by atoms with Gasteiger partial charge < -0.3 is 24.2 Å². The molecule has 3 heterocycles. The number of aromatic nitrogens is 2. The molecule has 0 spiro atoms. The van der Waals surface area contributed by atoms with Crippen molar-refractivity contribution in [3.05, 3.63) is 59.5 Å². The van der Waals surface area contributed by atoms with E-state index in [1.54, 1.807) is 25.1 Å². The number of benzene rings is 2. The molecule has 30 heavy (non-hydrogen) atoms. The molecule has 0 bridgehead atoms. The standard InChI is InChI=1S/C21H19FN4O4/c1-12-23-21(30-25-12)8-15-10-28-19-7-14(22)3-4-17(19)26(15)9-13-2-5-18-16(6-13)24-20(27)11-29-18/h2-7,15H,8-11H2,1H3,(H,24,27)/i9D2. The maximum absolute atomic E-state index is 13.8. The summed E-state index contributed by atoms with van der Waals surface area (Å²) in [5, 5.41) is 6.49. The van der Waals surface area contributed by atoms with Crippen molar-refractivity contribution in [2.24, 2.45) is 0 Å². The van der Waals surface area contributed by atoms with Crippen molar-refractivity contribution in [3.8, 4) is 11.5 Å². The second kappa shape index (κ2) is 7.33. The van der Waals surface area contributed by atoms with Crippen LogP contribution in [0.25, 0.3) is 0 Å². The number of amides is 1. The molecule has 3 aromatic rings. The summed E-state index contributed by atoms with van der Waals surface area (Å²) in [6.07, 6.45) is 0.224. The van der Waals surface area contributed by atoms with Gasteiger partial charge >= 0.3 is 0 Å². The third-order valence-corrected chi connectivity index (χ3v) is 4.82. The third kappa shape index (κ3) is 3.54. The number of aryl methyl sites for hydroxylation is 1. The number of carbonyl (C=O) groups excluding carboxylic acids is 1. The number of hydrogen-bond acceptors (Lipinski definition) is 7. The number of carbonyl (C=O) groups is 1. The van der Waals surface area contributed by atoms with E-state index in [9.17, 15) is 9.18 Å². The zero-order valence-corrected chi connectivity index (χ0v) is 16.0. The quantitative estimate of drug-likeness (QED) is 0.705. The number of fused-ring (bicyclic) bond motifs is 2. The Labute approximate surface area is 174 Å². The second-order valence-electron chi connectivity index (χ2n) is 7.05. The number of ether oxygens (including phenoxy) is 2. The van der Waals surface area contributed by atoms with Crippen LogP contribution in [0.3, 0.4) is 0 Å². The normalized spacial score (nSPS) is 18.9. The molecule has 154 valence electrons. The van der Waals surface area contributed by atoms with Crippen LogP contribution in [0.4, 0.5) is 15.8 Å². The molecule has 1 aromatic heterocycles. The highest BCUT2D eigenvalue weighted by Gasteiger charge is 2.30. The fourth-order valence-corrected chi connectivity index (χ4v) is 3.48. The van der Waals surface area contributed by atoms with E-state index in [0.717, 1.165) is 0 Å². The summed E-state index contributed by atoms with van der Waals surface area (Å²) in [6.45, 7) is -0.369. The lowest BCUT2D eigenvalue weighted by molar-refractivity contribution is -0.118. The molecule has 5 rings (SSSR count). The molecule has 8 nitrogen and oxygen atoms in total. The van der Waals surface area contributed by atoms with Crippen molar-refractivity contribution in [1.29, 1.82) is 0 Å². The van der Waals surface area contributed by atoms with Crippen LogP contribution in [0.1, 0.15) is 20.0 Å². The smallest absolute Gasteiger partial charge is 0.262 e. The largest absolute Gasteiger partial charge is 0.489 e. The lowest BCUT2D eigenvalue weighted by Gasteiger charge is -2.38. The van der Waals surface area contributed by atoms with Gasteiger partial charge in [0.1, 0.15) is 23.9 Å². The van der Waals surface area contributed by atoms with Crippen molar-refractivity contribution >= 4 is 17.3 Å². The zero-order valence-electron chi connectivity index (χ0n) is 18.0. The number of anilines is 2. The number of hydrogen-bond donors (Lipinski definition) is 1. The van der Waals surface area contributed by atoms with Crippen LogP contribution in [-0.2, 0) is 17.7 Å². The molecular formula is C21H19FN4O4. The summed E-state index contributed by atoms with van der Waals surface area (Å²) >= 11 is 0. The second-order valence-corrected chi connectivity index (χ2v) is 7.05. The predicted octanol–water partition coefficient (Wildman–Crippen LogP) is 2.86. The summed E-state index contributed by atoms with van der Waals surface area (Å²) in [6, 6.07) is 8.20. The molecule has 0 saturated heterocycles. The van der Waals surface area contributed by atoms with Gasteiger partial charge in [0.15, 0.2) is 12.4 Å². The van der Waals surface area contributed by atoms with Gasteiger partial charge in [-0.1, -0.05) is 11.2 Å². The number of nitrogens with one attached hydrogen (secondary N) is 1. The van der Waals surface area contributed by atoms with Gasteiger partial charge in [0.2, 0.25) is 5.89 Å². The minimum atomic E-state index is -2.06. The third-order valence-electron chi connectivity index (χ3n) is 4.82. The van der Waals surface area contributed by atoms with Gasteiger partial charge in [-0.05, 0) is 36.8 Å². The van der Waals surface area contributed by atoms with Crippen LogP contribution < -0.4 is 19.7 Å². The van der Waals surface area contributed by atoms with E-state index in [-0.39, 0.29) is 36.9 Å². The van der Waals surface area contributed by atoms with Gasteiger partial charge in [-0.3, -0.25) is 4.79 Å². The topological polar surface area (TPSA) is 89.7 Å². The fourth-order valence-electron chi connectivity index (χ4n) is 3.48. The Morgan fingerprint density at radius 3 is 3.00 bits per heavy atom. The summed E-state index contributed by atoms with van der Waals surface area (Å²) < 4.78 is 48.3. The van der Waals surface area contributed by atoms with Crippen LogP contribution >= 0.6 is 0 Å². The summed E-state index contributed by atoms with van der Waals surface area (Å²) in [7, 11) is 0. The highest BCUT2D eigenvalue weighted by molar-refractivity contribution is 5.95. The minimum Gasteiger partial charge on any atom is -0.489 e. The first kappa shape index (κ1) is 16.2. The molecule has 0 saturated carbocycles. The first-order chi connectivity index (χ1) is 15.3. The molecule has 2 aliphatic heterocycles. The van der Waals surface area contributed by atoms with E-state index < -0.39 is 18.4 Å². The van der Waals surface area contributed by atoms with Crippen molar-refractivity contribution < 1.29 is 25.9 Å². The van der Waals surface area contributed by atoms with Crippen LogP contribution in [-0.4, -0.2) is 35.3 Å². The van der Waals surface area contributed by atoms with E-state index >= 15 is 0 Å². The summed E-state index contributed by atoms with van der Waals surface area (Å²) in [4.78, 5) is 17.5. The lowest BCUT2D eigenvalue weighted by atomic mass is 10.1. The number of halogens is 1. The average molecular weight is 412 g/mol. The van der Waals surface area contributed by atoms with Crippen molar-refractivity contribution in [1.82, 2.24) is 10.1 Å². The fraction of sp³-hybridized carbons (Fsp3) is 0.286. The van der Waals surface area contributed by atoms with Crippen molar-refractivity contribution in [2.45, 2.75) is 25.9 Å². The van der Waals surface area contributed by atoms with Crippen molar-refractivity contribution in [3.63, 3.8) is 0 Å². The van der Waals surface area contributed by atoms with Gasteiger partial charge in [-0.15, -0.1) is 0 Å². The van der Waals surface area contributed by atoms with Crippen LogP contribution in [0.5, 0.6) is 11.5 Å². The lowest BCUT2D eigenvalue weighted by Crippen LogP contribution is -2.44. The zero-order chi connectivity index (χ0) is 22.5. The highest BCUT2D eigenvalue weighted by atomic mass is 19.1. The molecule has 2 aromatic carbocycles. The molecule has 1 atom stereocenters.